The summed E-state index contributed by atoms with van der Waals surface area (Å²) >= 11 is 0. The van der Waals surface area contributed by atoms with Gasteiger partial charge in [0, 0.05) is 20.2 Å². The molecule has 5 heteroatoms. The molecule has 0 aromatic heterocycles. The van der Waals surface area contributed by atoms with Crippen molar-refractivity contribution in [3.8, 4) is 0 Å². The molecule has 2 N–H and O–H groups in total. The van der Waals surface area contributed by atoms with E-state index in [2.05, 4.69) is 5.32 Å². The van der Waals surface area contributed by atoms with Crippen LogP contribution in [0.2, 0.25) is 0 Å². The normalized spacial score (nSPS) is 10.9. The van der Waals surface area contributed by atoms with E-state index in [0.717, 1.165) is 18.7 Å². The lowest BCUT2D eigenvalue weighted by Crippen LogP contribution is -2.20. The van der Waals surface area contributed by atoms with Crippen LogP contribution in [0.5, 0.6) is 0 Å². The number of rotatable bonds is 12. The van der Waals surface area contributed by atoms with Crippen molar-refractivity contribution < 1.29 is 19.3 Å². The van der Waals surface area contributed by atoms with E-state index in [1.807, 2.05) is 24.3 Å². The van der Waals surface area contributed by atoms with Crippen molar-refractivity contribution in [1.29, 1.82) is 0 Å². The smallest absolute Gasteiger partial charge is 0.0701 e. The summed E-state index contributed by atoms with van der Waals surface area (Å²) < 4.78 is 15.6. The summed E-state index contributed by atoms with van der Waals surface area (Å²) in [5.41, 5.74) is 2.10. The molecule has 0 atom stereocenters. The Balaban J connectivity index is 1.94. The van der Waals surface area contributed by atoms with Crippen molar-refractivity contribution in [3.63, 3.8) is 0 Å². The zero-order valence-electron chi connectivity index (χ0n) is 12.1. The standard InChI is InChI=1S/C15H25NO4/c1-18-7-8-20-10-9-19-6-5-16-12-14-3-2-4-15(11-14)13-17/h2-4,11,16-17H,5-10,12-13H2,1H3. The summed E-state index contributed by atoms with van der Waals surface area (Å²) in [6.45, 7) is 4.75. The highest BCUT2D eigenvalue weighted by atomic mass is 16.5. The predicted octanol–water partition coefficient (Wildman–Crippen LogP) is 0.948. The lowest BCUT2D eigenvalue weighted by Gasteiger charge is -2.07. The van der Waals surface area contributed by atoms with Crippen molar-refractivity contribution in [3.05, 3.63) is 35.4 Å². The van der Waals surface area contributed by atoms with Crippen molar-refractivity contribution >= 4 is 0 Å². The summed E-state index contributed by atoms with van der Waals surface area (Å²) in [5, 5.41) is 12.3. The third-order valence-corrected chi connectivity index (χ3v) is 2.73. The molecule has 0 heterocycles. The number of hydrogen-bond donors (Lipinski definition) is 2. The van der Waals surface area contributed by atoms with E-state index in [1.54, 1.807) is 7.11 Å². The van der Waals surface area contributed by atoms with Crippen LogP contribution in [0, 0.1) is 0 Å². The van der Waals surface area contributed by atoms with Crippen molar-refractivity contribution in [2.45, 2.75) is 13.2 Å². The van der Waals surface area contributed by atoms with Gasteiger partial charge < -0.3 is 24.6 Å². The molecule has 0 aliphatic heterocycles. The van der Waals surface area contributed by atoms with Crippen molar-refractivity contribution in [2.24, 2.45) is 0 Å². The molecule has 0 bridgehead atoms. The molecule has 114 valence electrons. The van der Waals surface area contributed by atoms with E-state index in [0.29, 0.717) is 33.0 Å². The van der Waals surface area contributed by atoms with Gasteiger partial charge in [0.05, 0.1) is 39.6 Å². The van der Waals surface area contributed by atoms with Crippen LogP contribution in [-0.4, -0.2) is 51.8 Å². The molecule has 0 aliphatic carbocycles. The minimum Gasteiger partial charge on any atom is -0.392 e. The second-order valence-corrected chi connectivity index (χ2v) is 4.37. The lowest BCUT2D eigenvalue weighted by molar-refractivity contribution is 0.0255. The van der Waals surface area contributed by atoms with Gasteiger partial charge in [0.25, 0.3) is 0 Å². The van der Waals surface area contributed by atoms with Crippen LogP contribution >= 0.6 is 0 Å². The Labute approximate surface area is 120 Å². The van der Waals surface area contributed by atoms with Crippen LogP contribution in [0.1, 0.15) is 11.1 Å². The molecule has 0 spiro atoms. The van der Waals surface area contributed by atoms with Gasteiger partial charge in [0.15, 0.2) is 0 Å². The quantitative estimate of drug-likeness (QED) is 0.559. The van der Waals surface area contributed by atoms with Gasteiger partial charge in [-0.15, -0.1) is 0 Å². The molecule has 0 amide bonds. The van der Waals surface area contributed by atoms with Crippen LogP contribution in [0.15, 0.2) is 24.3 Å². The summed E-state index contributed by atoms with van der Waals surface area (Å²) in [5.74, 6) is 0. The molecule has 0 unspecified atom stereocenters. The first-order valence-corrected chi connectivity index (χ1v) is 6.90. The first-order valence-electron chi connectivity index (χ1n) is 6.90. The average molecular weight is 283 g/mol. The van der Waals surface area contributed by atoms with E-state index in [4.69, 9.17) is 19.3 Å². The Bertz CT molecular complexity index is 346. The van der Waals surface area contributed by atoms with Crippen LogP contribution in [0.3, 0.4) is 0 Å². The topological polar surface area (TPSA) is 60.0 Å². The number of ether oxygens (including phenoxy) is 3. The molecule has 1 aromatic carbocycles. The summed E-state index contributed by atoms with van der Waals surface area (Å²) in [4.78, 5) is 0. The molecule has 1 rings (SSSR count). The molecular formula is C15H25NO4. The highest BCUT2D eigenvalue weighted by molar-refractivity contribution is 5.22. The van der Waals surface area contributed by atoms with Gasteiger partial charge in [-0.1, -0.05) is 24.3 Å². The first-order chi connectivity index (χ1) is 9.86. The zero-order chi connectivity index (χ0) is 14.5. The van der Waals surface area contributed by atoms with Gasteiger partial charge in [-0.05, 0) is 11.1 Å². The Morgan fingerprint density at radius 2 is 1.70 bits per heavy atom. The fourth-order valence-corrected chi connectivity index (χ4v) is 1.68. The monoisotopic (exact) mass is 283 g/mol. The molecule has 1 aromatic rings. The molecule has 0 fully saturated rings. The number of benzene rings is 1. The van der Waals surface area contributed by atoms with E-state index in [9.17, 15) is 0 Å². The SMILES string of the molecule is COCCOCCOCCNCc1cccc(CO)c1. The van der Waals surface area contributed by atoms with Gasteiger partial charge in [-0.25, -0.2) is 0 Å². The van der Waals surface area contributed by atoms with Gasteiger partial charge in [0.2, 0.25) is 0 Å². The van der Waals surface area contributed by atoms with Crippen LogP contribution < -0.4 is 5.32 Å². The molecule has 0 saturated heterocycles. The molecule has 0 saturated carbocycles. The largest absolute Gasteiger partial charge is 0.392 e. The fourth-order valence-electron chi connectivity index (χ4n) is 1.68. The maximum atomic E-state index is 9.05. The summed E-state index contributed by atoms with van der Waals surface area (Å²) in [7, 11) is 1.65. The minimum atomic E-state index is 0.0834. The van der Waals surface area contributed by atoms with Crippen LogP contribution in [-0.2, 0) is 27.4 Å². The van der Waals surface area contributed by atoms with Crippen molar-refractivity contribution in [2.75, 3.05) is 46.7 Å². The van der Waals surface area contributed by atoms with E-state index in [1.165, 1.54) is 5.56 Å². The molecule has 0 aliphatic rings. The van der Waals surface area contributed by atoms with Gasteiger partial charge in [-0.3, -0.25) is 0 Å². The summed E-state index contributed by atoms with van der Waals surface area (Å²) in [6.07, 6.45) is 0. The Morgan fingerprint density at radius 3 is 2.45 bits per heavy atom. The number of aliphatic hydroxyl groups excluding tert-OH is 1. The second kappa shape index (κ2) is 11.8. The van der Waals surface area contributed by atoms with Crippen LogP contribution in [0.25, 0.3) is 0 Å². The third-order valence-electron chi connectivity index (χ3n) is 2.73. The highest BCUT2D eigenvalue weighted by Gasteiger charge is 1.95. The second-order valence-electron chi connectivity index (χ2n) is 4.37. The average Bonchev–Trinajstić information content (AvgIpc) is 2.49. The maximum Gasteiger partial charge on any atom is 0.0701 e. The van der Waals surface area contributed by atoms with Gasteiger partial charge >= 0.3 is 0 Å². The molecule has 20 heavy (non-hydrogen) atoms. The van der Waals surface area contributed by atoms with Crippen molar-refractivity contribution in [1.82, 2.24) is 5.32 Å². The van der Waals surface area contributed by atoms with Gasteiger partial charge in [-0.2, -0.15) is 0 Å². The van der Waals surface area contributed by atoms with E-state index >= 15 is 0 Å². The zero-order valence-corrected chi connectivity index (χ0v) is 12.1. The number of nitrogens with one attached hydrogen (secondary N) is 1. The van der Waals surface area contributed by atoms with Crippen LogP contribution in [0.4, 0.5) is 0 Å². The molecule has 5 nitrogen and oxygen atoms in total. The maximum absolute atomic E-state index is 9.05. The minimum absolute atomic E-state index is 0.0834. The number of methoxy groups -OCH3 is 1. The Hall–Kier alpha value is -0.980. The van der Waals surface area contributed by atoms with E-state index < -0.39 is 0 Å². The lowest BCUT2D eigenvalue weighted by atomic mass is 10.1. The number of hydrogen-bond acceptors (Lipinski definition) is 5. The highest BCUT2D eigenvalue weighted by Crippen LogP contribution is 2.04. The fraction of sp³-hybridized carbons (Fsp3) is 0.600. The third kappa shape index (κ3) is 8.24. The number of aliphatic hydroxyl groups is 1. The Morgan fingerprint density at radius 1 is 1.00 bits per heavy atom. The van der Waals surface area contributed by atoms with E-state index in [-0.39, 0.29) is 6.61 Å². The predicted molar refractivity (Wildman–Crippen MR) is 77.6 cm³/mol. The molecule has 0 radical (unpaired) electrons. The first kappa shape index (κ1) is 17.1. The summed E-state index contributed by atoms with van der Waals surface area (Å²) in [6, 6.07) is 7.90. The Kier molecular flexibility index (Phi) is 10.1. The molecular weight excluding hydrogens is 258 g/mol. The van der Waals surface area contributed by atoms with Gasteiger partial charge in [0.1, 0.15) is 0 Å².